The van der Waals surface area contributed by atoms with Gasteiger partial charge >= 0.3 is 7.80 Å². The van der Waals surface area contributed by atoms with E-state index >= 15 is 0 Å². The molecule has 0 amide bonds. The molecule has 2 aliphatic rings. The summed E-state index contributed by atoms with van der Waals surface area (Å²) >= 11 is 0. The maximum Gasteiger partial charge on any atom is 0.381 e. The highest BCUT2D eigenvalue weighted by molar-refractivity contribution is 7.80. The Morgan fingerprint density at radius 3 is 2.32 bits per heavy atom. The Hall–Kier alpha value is -1.69. The van der Waals surface area contributed by atoms with Gasteiger partial charge in [-0.1, -0.05) is 37.0 Å². The second kappa shape index (κ2) is 7.29. The number of hydrogen-bond donors (Lipinski definition) is 0. The fraction of sp³-hybridized carbons (Fsp3) is 0.391. The first-order valence-electron chi connectivity index (χ1n) is 10.1. The van der Waals surface area contributed by atoms with Crippen molar-refractivity contribution in [3.63, 3.8) is 0 Å². The molecule has 0 N–H and O–H groups in total. The van der Waals surface area contributed by atoms with Gasteiger partial charge in [-0.2, -0.15) is 0 Å². The minimum atomic E-state index is -1.44. The van der Waals surface area contributed by atoms with Crippen LogP contribution in [0.5, 0.6) is 0 Å². The maximum atomic E-state index is 13.9. The molecule has 0 saturated heterocycles. The van der Waals surface area contributed by atoms with E-state index < -0.39 is 15.7 Å². The predicted molar refractivity (Wildman–Crippen MR) is 116 cm³/mol. The Morgan fingerprint density at radius 2 is 1.68 bits per heavy atom. The molecule has 5 atom stereocenters. The van der Waals surface area contributed by atoms with E-state index in [1.165, 1.54) is 18.4 Å². The molecule has 3 aromatic rings. The molecule has 0 bridgehead atoms. The van der Waals surface area contributed by atoms with Crippen LogP contribution in [0.15, 0.2) is 63.8 Å². The molecule has 2 unspecified atom stereocenters. The van der Waals surface area contributed by atoms with Gasteiger partial charge in [0.1, 0.15) is 11.0 Å². The maximum absolute atomic E-state index is 13.9. The largest absolute Gasteiger partial charge is 0.464 e. The molecule has 2 aromatic heterocycles. The van der Waals surface area contributed by atoms with E-state index in [4.69, 9.17) is 8.83 Å². The smallest absolute Gasteiger partial charge is 0.381 e. The molecule has 28 heavy (non-hydrogen) atoms. The van der Waals surface area contributed by atoms with Gasteiger partial charge in [0.05, 0.1) is 20.4 Å². The van der Waals surface area contributed by atoms with Crippen molar-refractivity contribution in [2.75, 3.05) is 0 Å². The van der Waals surface area contributed by atoms with Gasteiger partial charge in [-0.05, 0) is 55.0 Å². The highest BCUT2D eigenvalue weighted by Crippen LogP contribution is 2.53. The van der Waals surface area contributed by atoms with Crippen LogP contribution in [0.25, 0.3) is 0 Å². The molecule has 144 valence electrons. The van der Waals surface area contributed by atoms with E-state index in [9.17, 15) is 4.57 Å². The van der Waals surface area contributed by atoms with Gasteiger partial charge < -0.3 is 8.83 Å². The monoisotopic (exact) mass is 411 g/mol. The number of benzene rings is 1. The van der Waals surface area contributed by atoms with Crippen molar-refractivity contribution in [1.82, 2.24) is 0 Å². The average Bonchev–Trinajstić information content (AvgIpc) is 3.41. The fourth-order valence-electron chi connectivity index (χ4n) is 5.10. The molecule has 1 fully saturated rings. The van der Waals surface area contributed by atoms with Crippen molar-refractivity contribution >= 4 is 37.3 Å². The molecule has 1 saturated carbocycles. The van der Waals surface area contributed by atoms with Crippen molar-refractivity contribution in [2.45, 2.75) is 44.7 Å². The summed E-state index contributed by atoms with van der Waals surface area (Å²) in [6.07, 6.45) is 6.96. The van der Waals surface area contributed by atoms with E-state index in [0.717, 1.165) is 28.0 Å². The first-order chi connectivity index (χ1) is 13.6. The lowest BCUT2D eigenvalue weighted by Crippen LogP contribution is -2.42. The van der Waals surface area contributed by atoms with Crippen LogP contribution in [0, 0.1) is 11.8 Å². The quantitative estimate of drug-likeness (QED) is 0.570. The molecule has 5 rings (SSSR count). The fourth-order valence-corrected chi connectivity index (χ4v) is 10.2. The van der Waals surface area contributed by atoms with Gasteiger partial charge in [0.25, 0.3) is 0 Å². The topological polar surface area (TPSA) is 43.4 Å². The molecule has 0 spiro atoms. The van der Waals surface area contributed by atoms with Crippen LogP contribution < -0.4 is 21.6 Å². The van der Waals surface area contributed by atoms with Crippen LogP contribution in [-0.2, 0) is 4.57 Å². The first kappa shape index (κ1) is 18.3. The van der Waals surface area contributed by atoms with Crippen molar-refractivity contribution < 1.29 is 13.4 Å². The average molecular weight is 411 g/mol. The van der Waals surface area contributed by atoms with Crippen LogP contribution in [0.4, 0.5) is 0 Å². The lowest BCUT2D eigenvalue weighted by Gasteiger charge is -2.37. The van der Waals surface area contributed by atoms with Crippen molar-refractivity contribution in [2.24, 2.45) is 11.8 Å². The van der Waals surface area contributed by atoms with Crippen molar-refractivity contribution in [3.8, 4) is 0 Å². The molecule has 0 radical (unpaired) electrons. The lowest BCUT2D eigenvalue weighted by atomic mass is 9.74. The number of fused-ring (bicyclic) bond motifs is 2. The van der Waals surface area contributed by atoms with Gasteiger partial charge in [-0.25, -0.2) is 0 Å². The predicted octanol–water partition coefficient (Wildman–Crippen LogP) is 5.01. The van der Waals surface area contributed by atoms with E-state index in [-0.39, 0.29) is 0 Å². The van der Waals surface area contributed by atoms with Crippen LogP contribution in [0.1, 0.15) is 44.6 Å². The van der Waals surface area contributed by atoms with Crippen LogP contribution in [0.2, 0.25) is 0 Å². The SMILES string of the molecule is CC1c2cccc(P(c3ccco3)c3ccco3)c2[P+](=O)[C@@H]2C[C@H](C)CC[C@@H]12. The highest BCUT2D eigenvalue weighted by atomic mass is 31.1. The summed E-state index contributed by atoms with van der Waals surface area (Å²) in [5.41, 5.74) is 3.37. The standard InChI is InChI=1S/C23H25O3P2/c1-15-10-11-17-16(2)18-6-3-7-19(23(18)28(24)20(17)14-15)27(21-8-4-12-25-21)22-9-5-13-26-22/h3-9,12-13,15-17,20H,10-11,14H2,1-2H3/q+1/t15-,16?,17+,20-/m1/s1. The zero-order chi connectivity index (χ0) is 19.3. The summed E-state index contributed by atoms with van der Waals surface area (Å²) in [7, 11) is -2.43. The molecular weight excluding hydrogens is 386 g/mol. The van der Waals surface area contributed by atoms with Crippen LogP contribution in [0.3, 0.4) is 0 Å². The zero-order valence-corrected chi connectivity index (χ0v) is 18.0. The van der Waals surface area contributed by atoms with E-state index in [2.05, 4.69) is 32.0 Å². The van der Waals surface area contributed by atoms with Gasteiger partial charge in [0, 0.05) is 16.8 Å². The third kappa shape index (κ3) is 2.92. The molecule has 3 heterocycles. The minimum Gasteiger partial charge on any atom is -0.464 e. The van der Waals surface area contributed by atoms with E-state index in [1.807, 2.05) is 24.3 Å². The summed E-state index contributed by atoms with van der Waals surface area (Å²) in [6.45, 7) is 4.64. The second-order valence-electron chi connectivity index (χ2n) is 8.22. The summed E-state index contributed by atoms with van der Waals surface area (Å²) in [4.78, 5) is 0. The number of hydrogen-bond acceptors (Lipinski definition) is 3. The normalized spacial score (nSPS) is 28.2. The highest BCUT2D eigenvalue weighted by Gasteiger charge is 2.52. The molecule has 1 aliphatic heterocycles. The van der Waals surface area contributed by atoms with Crippen LogP contribution in [-0.4, -0.2) is 5.66 Å². The summed E-state index contributed by atoms with van der Waals surface area (Å²) < 4.78 is 25.6. The second-order valence-corrected chi connectivity index (χ2v) is 12.0. The summed E-state index contributed by atoms with van der Waals surface area (Å²) in [5.74, 6) is 1.66. The zero-order valence-electron chi connectivity index (χ0n) is 16.2. The number of rotatable bonds is 3. The minimum absolute atomic E-state index is 0.299. The third-order valence-corrected chi connectivity index (χ3v) is 11.1. The van der Waals surface area contributed by atoms with Crippen LogP contribution >= 0.6 is 15.7 Å². The summed E-state index contributed by atoms with van der Waals surface area (Å²) in [6, 6.07) is 14.3. The Balaban J connectivity index is 1.69. The molecule has 5 heteroatoms. The van der Waals surface area contributed by atoms with E-state index in [0.29, 0.717) is 23.4 Å². The molecule has 1 aromatic carbocycles. The van der Waals surface area contributed by atoms with Gasteiger partial charge in [0.15, 0.2) is 5.66 Å². The Kier molecular flexibility index (Phi) is 4.77. The Labute approximate surface area is 168 Å². The number of furan rings is 2. The Bertz CT molecular complexity index is 943. The first-order valence-corrected chi connectivity index (χ1v) is 12.8. The van der Waals surface area contributed by atoms with Crippen molar-refractivity contribution in [3.05, 3.63) is 60.6 Å². The Morgan fingerprint density at radius 1 is 0.964 bits per heavy atom. The van der Waals surface area contributed by atoms with Gasteiger partial charge in [-0.15, -0.1) is 0 Å². The van der Waals surface area contributed by atoms with Gasteiger partial charge in [0.2, 0.25) is 5.30 Å². The van der Waals surface area contributed by atoms with E-state index in [1.54, 1.807) is 12.5 Å². The van der Waals surface area contributed by atoms with Crippen molar-refractivity contribution in [1.29, 1.82) is 0 Å². The van der Waals surface area contributed by atoms with Gasteiger partial charge in [-0.3, -0.25) is 0 Å². The molecule has 3 nitrogen and oxygen atoms in total. The lowest BCUT2D eigenvalue weighted by molar-refractivity contribution is 0.263. The molecular formula is C23H25O3P2+. The third-order valence-electron chi connectivity index (χ3n) is 6.53. The molecule has 1 aliphatic carbocycles. The summed E-state index contributed by atoms with van der Waals surface area (Å²) in [5, 5.41) is 2.22.